The monoisotopic (exact) mass is 315 g/mol. The first-order valence-corrected chi connectivity index (χ1v) is 7.40. The maximum atomic E-state index is 6.24. The second-order valence-corrected chi connectivity index (χ2v) is 6.64. The van der Waals surface area contributed by atoms with Gasteiger partial charge < -0.3 is 5.32 Å². The molecule has 2 rings (SSSR count). The molecule has 2 atom stereocenters. The van der Waals surface area contributed by atoms with E-state index in [1.165, 1.54) is 12.0 Å². The maximum absolute atomic E-state index is 6.24. The lowest BCUT2D eigenvalue weighted by Gasteiger charge is -2.08. The SMILES string of the molecule is CC(C)CNCC1CC1c1cc(Br)ccc1Cl. The van der Waals surface area contributed by atoms with E-state index in [-0.39, 0.29) is 0 Å². The molecule has 94 valence electrons. The van der Waals surface area contributed by atoms with Crippen molar-refractivity contribution >= 4 is 27.5 Å². The number of nitrogens with one attached hydrogen (secondary N) is 1. The van der Waals surface area contributed by atoms with Crippen molar-refractivity contribution in [1.29, 1.82) is 0 Å². The van der Waals surface area contributed by atoms with Crippen molar-refractivity contribution in [2.24, 2.45) is 11.8 Å². The quantitative estimate of drug-likeness (QED) is 0.846. The van der Waals surface area contributed by atoms with Gasteiger partial charge in [-0.15, -0.1) is 0 Å². The summed E-state index contributed by atoms with van der Waals surface area (Å²) >= 11 is 9.75. The van der Waals surface area contributed by atoms with Gasteiger partial charge in [0.05, 0.1) is 0 Å². The Morgan fingerprint density at radius 2 is 2.24 bits per heavy atom. The van der Waals surface area contributed by atoms with Crippen LogP contribution in [0, 0.1) is 11.8 Å². The minimum Gasteiger partial charge on any atom is -0.316 e. The summed E-state index contributed by atoms with van der Waals surface area (Å²) in [5, 5.41) is 4.43. The summed E-state index contributed by atoms with van der Waals surface area (Å²) < 4.78 is 1.12. The van der Waals surface area contributed by atoms with E-state index in [1.54, 1.807) is 0 Å². The number of rotatable bonds is 5. The lowest BCUT2D eigenvalue weighted by Crippen LogP contribution is -2.22. The number of hydrogen-bond donors (Lipinski definition) is 1. The first-order chi connectivity index (χ1) is 8.08. The highest BCUT2D eigenvalue weighted by atomic mass is 79.9. The Kier molecular flexibility index (Phi) is 4.51. The predicted molar refractivity (Wildman–Crippen MR) is 77.7 cm³/mol. The van der Waals surface area contributed by atoms with E-state index < -0.39 is 0 Å². The fourth-order valence-corrected chi connectivity index (χ4v) is 2.85. The molecule has 2 unspecified atom stereocenters. The summed E-state index contributed by atoms with van der Waals surface area (Å²) in [6.07, 6.45) is 1.27. The van der Waals surface area contributed by atoms with Gasteiger partial charge in [-0.2, -0.15) is 0 Å². The number of benzene rings is 1. The van der Waals surface area contributed by atoms with E-state index in [1.807, 2.05) is 12.1 Å². The summed E-state index contributed by atoms with van der Waals surface area (Å²) in [5.74, 6) is 2.14. The van der Waals surface area contributed by atoms with Crippen LogP contribution in [0.25, 0.3) is 0 Å². The van der Waals surface area contributed by atoms with Gasteiger partial charge >= 0.3 is 0 Å². The summed E-state index contributed by atoms with van der Waals surface area (Å²) in [6, 6.07) is 6.15. The largest absolute Gasteiger partial charge is 0.316 e. The van der Waals surface area contributed by atoms with Gasteiger partial charge in [0, 0.05) is 9.50 Å². The Balaban J connectivity index is 1.87. The fraction of sp³-hybridized carbons (Fsp3) is 0.571. The molecule has 17 heavy (non-hydrogen) atoms. The third-order valence-corrected chi connectivity index (χ3v) is 4.08. The van der Waals surface area contributed by atoms with Crippen molar-refractivity contribution in [1.82, 2.24) is 5.32 Å². The fourth-order valence-electron chi connectivity index (χ4n) is 2.21. The highest BCUT2D eigenvalue weighted by Crippen LogP contribution is 2.49. The molecule has 0 radical (unpaired) electrons. The van der Waals surface area contributed by atoms with Gasteiger partial charge in [0.1, 0.15) is 0 Å². The van der Waals surface area contributed by atoms with Crippen molar-refractivity contribution in [2.45, 2.75) is 26.2 Å². The van der Waals surface area contributed by atoms with E-state index in [0.717, 1.165) is 34.4 Å². The van der Waals surface area contributed by atoms with Gasteiger partial charge in [-0.05, 0) is 61.0 Å². The highest BCUT2D eigenvalue weighted by Gasteiger charge is 2.38. The molecule has 1 aliphatic rings. The summed E-state index contributed by atoms with van der Waals surface area (Å²) in [5.41, 5.74) is 1.30. The van der Waals surface area contributed by atoms with Gasteiger partial charge in [-0.1, -0.05) is 41.4 Å². The van der Waals surface area contributed by atoms with Crippen molar-refractivity contribution in [3.8, 4) is 0 Å². The summed E-state index contributed by atoms with van der Waals surface area (Å²) in [4.78, 5) is 0. The molecule has 0 bridgehead atoms. The zero-order chi connectivity index (χ0) is 12.4. The summed E-state index contributed by atoms with van der Waals surface area (Å²) in [7, 11) is 0. The molecule has 1 N–H and O–H groups in total. The Labute approximate surface area is 117 Å². The standard InChI is InChI=1S/C14H19BrClN/c1-9(2)7-17-8-10-5-12(10)13-6-11(15)3-4-14(13)16/h3-4,6,9-10,12,17H,5,7-8H2,1-2H3. The number of hydrogen-bond acceptors (Lipinski definition) is 1. The van der Waals surface area contributed by atoms with Gasteiger partial charge in [0.25, 0.3) is 0 Å². The Bertz CT molecular complexity index is 392. The van der Waals surface area contributed by atoms with Crippen molar-refractivity contribution < 1.29 is 0 Å². The van der Waals surface area contributed by atoms with E-state index in [4.69, 9.17) is 11.6 Å². The molecule has 0 heterocycles. The van der Waals surface area contributed by atoms with Crippen LogP contribution in [-0.4, -0.2) is 13.1 Å². The van der Waals surface area contributed by atoms with Crippen LogP contribution in [0.1, 0.15) is 31.7 Å². The molecule has 1 aromatic rings. The van der Waals surface area contributed by atoms with Gasteiger partial charge in [-0.25, -0.2) is 0 Å². The van der Waals surface area contributed by atoms with Crippen LogP contribution < -0.4 is 5.32 Å². The van der Waals surface area contributed by atoms with Crippen LogP contribution in [0.4, 0.5) is 0 Å². The van der Waals surface area contributed by atoms with Crippen molar-refractivity contribution in [3.05, 3.63) is 33.3 Å². The second-order valence-electron chi connectivity index (χ2n) is 5.32. The lowest BCUT2D eigenvalue weighted by molar-refractivity contribution is 0.532. The minimum absolute atomic E-state index is 0.652. The molecule has 1 nitrogen and oxygen atoms in total. The van der Waals surface area contributed by atoms with E-state index >= 15 is 0 Å². The molecule has 1 fully saturated rings. The van der Waals surface area contributed by atoms with Crippen LogP contribution in [0.15, 0.2) is 22.7 Å². The highest BCUT2D eigenvalue weighted by molar-refractivity contribution is 9.10. The zero-order valence-corrected chi connectivity index (χ0v) is 12.7. The first-order valence-electron chi connectivity index (χ1n) is 6.23. The Hall–Kier alpha value is -0.0500. The van der Waals surface area contributed by atoms with E-state index in [2.05, 4.69) is 41.2 Å². The Morgan fingerprint density at radius 3 is 2.94 bits per heavy atom. The van der Waals surface area contributed by atoms with E-state index in [0.29, 0.717) is 5.92 Å². The molecular weight excluding hydrogens is 298 g/mol. The first kappa shape index (κ1) is 13.4. The van der Waals surface area contributed by atoms with E-state index in [9.17, 15) is 0 Å². The molecule has 1 saturated carbocycles. The van der Waals surface area contributed by atoms with Crippen LogP contribution in [0.2, 0.25) is 5.02 Å². The normalized spacial score (nSPS) is 23.1. The molecule has 0 amide bonds. The topological polar surface area (TPSA) is 12.0 Å². The zero-order valence-electron chi connectivity index (χ0n) is 10.3. The van der Waals surface area contributed by atoms with Crippen LogP contribution in [0.3, 0.4) is 0 Å². The predicted octanol–water partition coefficient (Wildman–Crippen LogP) is 4.45. The van der Waals surface area contributed by atoms with Crippen LogP contribution in [-0.2, 0) is 0 Å². The molecule has 0 spiro atoms. The van der Waals surface area contributed by atoms with Gasteiger partial charge in [0.15, 0.2) is 0 Å². The lowest BCUT2D eigenvalue weighted by atomic mass is 10.1. The average Bonchev–Trinajstić information content (AvgIpc) is 3.00. The third kappa shape index (κ3) is 3.70. The van der Waals surface area contributed by atoms with Crippen LogP contribution in [0.5, 0.6) is 0 Å². The molecule has 0 saturated heterocycles. The maximum Gasteiger partial charge on any atom is 0.0441 e. The van der Waals surface area contributed by atoms with Crippen LogP contribution >= 0.6 is 27.5 Å². The average molecular weight is 317 g/mol. The molecule has 3 heteroatoms. The third-order valence-electron chi connectivity index (χ3n) is 3.24. The Morgan fingerprint density at radius 1 is 1.47 bits per heavy atom. The summed E-state index contributed by atoms with van der Waals surface area (Å²) in [6.45, 7) is 6.70. The molecule has 0 aromatic heterocycles. The van der Waals surface area contributed by atoms with Crippen molar-refractivity contribution in [3.63, 3.8) is 0 Å². The molecular formula is C14H19BrClN. The minimum atomic E-state index is 0.652. The molecule has 0 aliphatic heterocycles. The smallest absolute Gasteiger partial charge is 0.0441 e. The molecule has 1 aliphatic carbocycles. The molecule has 1 aromatic carbocycles. The van der Waals surface area contributed by atoms with Gasteiger partial charge in [0.2, 0.25) is 0 Å². The number of halogens is 2. The second kappa shape index (κ2) is 5.73. The van der Waals surface area contributed by atoms with Crippen molar-refractivity contribution in [2.75, 3.05) is 13.1 Å². The van der Waals surface area contributed by atoms with Gasteiger partial charge in [-0.3, -0.25) is 0 Å².